The summed E-state index contributed by atoms with van der Waals surface area (Å²) in [6.07, 6.45) is 1.79. The van der Waals surface area contributed by atoms with Gasteiger partial charge in [0.2, 0.25) is 0 Å². The molecule has 0 spiro atoms. The van der Waals surface area contributed by atoms with Crippen LogP contribution in [0.25, 0.3) is 0 Å². The van der Waals surface area contributed by atoms with Gasteiger partial charge in [0.1, 0.15) is 11.2 Å². The Labute approximate surface area is 88.5 Å². The standard InChI is InChI=1S/C10H9NO3S/c1-9-3-5-10(6-4-9)15(12,13)14-8-2-7-11/h2-6,8H,1H3. The second-order valence-corrected chi connectivity index (χ2v) is 4.37. The molecule has 0 aliphatic heterocycles. The van der Waals surface area contributed by atoms with Crippen LogP contribution in [0.1, 0.15) is 5.56 Å². The van der Waals surface area contributed by atoms with Gasteiger partial charge >= 0.3 is 10.1 Å². The van der Waals surface area contributed by atoms with Gasteiger partial charge in [0.05, 0.1) is 12.1 Å². The predicted octanol–water partition coefficient (Wildman–Crippen LogP) is 1.74. The predicted molar refractivity (Wildman–Crippen MR) is 54.2 cm³/mol. The monoisotopic (exact) mass is 223 g/mol. The minimum atomic E-state index is -3.79. The van der Waals surface area contributed by atoms with Crippen molar-refractivity contribution < 1.29 is 12.6 Å². The largest absolute Gasteiger partial charge is 0.386 e. The van der Waals surface area contributed by atoms with E-state index in [4.69, 9.17) is 5.26 Å². The Kier molecular flexibility index (Phi) is 3.47. The second-order valence-electron chi connectivity index (χ2n) is 2.80. The third-order valence-electron chi connectivity index (χ3n) is 1.63. The molecule has 0 aliphatic carbocycles. The molecule has 0 bridgehead atoms. The minimum Gasteiger partial charge on any atom is -0.386 e. The maximum atomic E-state index is 11.4. The summed E-state index contributed by atoms with van der Waals surface area (Å²) >= 11 is 0. The minimum absolute atomic E-state index is 0.0655. The summed E-state index contributed by atoms with van der Waals surface area (Å²) in [6, 6.07) is 7.87. The molecule has 1 aromatic carbocycles. The maximum absolute atomic E-state index is 11.4. The van der Waals surface area contributed by atoms with Crippen LogP contribution >= 0.6 is 0 Å². The van der Waals surface area contributed by atoms with Crippen molar-refractivity contribution in [2.75, 3.05) is 0 Å². The molecule has 0 aliphatic rings. The summed E-state index contributed by atoms with van der Waals surface area (Å²) in [4.78, 5) is 0.0655. The highest BCUT2D eigenvalue weighted by atomic mass is 32.2. The fraction of sp³-hybridized carbons (Fsp3) is 0.100. The molecule has 0 unspecified atom stereocenters. The van der Waals surface area contributed by atoms with E-state index in [0.29, 0.717) is 0 Å². The normalized spacial score (nSPS) is 11.2. The molecule has 0 fully saturated rings. The maximum Gasteiger partial charge on any atom is 0.338 e. The lowest BCUT2D eigenvalue weighted by Crippen LogP contribution is -2.01. The summed E-state index contributed by atoms with van der Waals surface area (Å²) in [6.45, 7) is 1.85. The zero-order valence-corrected chi connectivity index (χ0v) is 8.86. The molecule has 0 amide bonds. The number of nitriles is 1. The highest BCUT2D eigenvalue weighted by Crippen LogP contribution is 2.13. The van der Waals surface area contributed by atoms with Crippen molar-refractivity contribution in [3.8, 4) is 6.07 Å². The molecule has 5 heteroatoms. The summed E-state index contributed by atoms with van der Waals surface area (Å²) in [5.74, 6) is 0. The van der Waals surface area contributed by atoms with E-state index in [9.17, 15) is 8.42 Å². The van der Waals surface area contributed by atoms with E-state index in [-0.39, 0.29) is 4.90 Å². The van der Waals surface area contributed by atoms with E-state index < -0.39 is 10.1 Å². The van der Waals surface area contributed by atoms with Crippen LogP contribution < -0.4 is 0 Å². The van der Waals surface area contributed by atoms with Crippen LogP contribution in [0.3, 0.4) is 0 Å². The highest BCUT2D eigenvalue weighted by molar-refractivity contribution is 7.86. The van der Waals surface area contributed by atoms with Gasteiger partial charge in [-0.15, -0.1) is 0 Å². The highest BCUT2D eigenvalue weighted by Gasteiger charge is 2.12. The van der Waals surface area contributed by atoms with Gasteiger partial charge in [-0.05, 0) is 19.1 Å². The fourth-order valence-electron chi connectivity index (χ4n) is 0.892. The Bertz CT molecular complexity index is 494. The number of benzene rings is 1. The summed E-state index contributed by atoms with van der Waals surface area (Å²) in [7, 11) is -3.79. The van der Waals surface area contributed by atoms with Gasteiger partial charge in [0, 0.05) is 0 Å². The SMILES string of the molecule is Cc1ccc(S(=O)(=O)OC=CC#N)cc1. The quantitative estimate of drug-likeness (QED) is 0.444. The van der Waals surface area contributed by atoms with Gasteiger partial charge in [-0.25, -0.2) is 0 Å². The van der Waals surface area contributed by atoms with Crippen LogP contribution in [0.5, 0.6) is 0 Å². The smallest absolute Gasteiger partial charge is 0.338 e. The fourth-order valence-corrected chi connectivity index (χ4v) is 1.67. The number of rotatable bonds is 3. The Morgan fingerprint density at radius 1 is 1.33 bits per heavy atom. The van der Waals surface area contributed by atoms with Gasteiger partial charge in [0.25, 0.3) is 0 Å². The topological polar surface area (TPSA) is 67.2 Å². The zero-order valence-electron chi connectivity index (χ0n) is 8.04. The summed E-state index contributed by atoms with van der Waals surface area (Å²) in [5.41, 5.74) is 0.960. The van der Waals surface area contributed by atoms with Crippen LogP contribution in [0.15, 0.2) is 41.5 Å². The first-order valence-corrected chi connectivity index (χ1v) is 5.52. The molecule has 0 N–H and O–H groups in total. The first-order valence-electron chi connectivity index (χ1n) is 4.11. The molecule has 0 atom stereocenters. The van der Waals surface area contributed by atoms with E-state index in [1.54, 1.807) is 18.2 Å². The third-order valence-corrected chi connectivity index (χ3v) is 2.85. The lowest BCUT2D eigenvalue weighted by molar-refractivity contribution is 0.443. The zero-order chi connectivity index (χ0) is 11.3. The molecule has 1 aromatic rings. The molecular formula is C10H9NO3S. The number of hydrogen-bond donors (Lipinski definition) is 0. The van der Waals surface area contributed by atoms with Gasteiger partial charge in [-0.1, -0.05) is 17.7 Å². The Balaban J connectivity index is 2.93. The van der Waals surface area contributed by atoms with Crippen molar-refractivity contribution >= 4 is 10.1 Å². The average molecular weight is 223 g/mol. The summed E-state index contributed by atoms with van der Waals surface area (Å²) in [5, 5.41) is 8.16. The molecule has 4 nitrogen and oxygen atoms in total. The van der Waals surface area contributed by atoms with Gasteiger partial charge < -0.3 is 4.18 Å². The van der Waals surface area contributed by atoms with Gasteiger partial charge in [0.15, 0.2) is 0 Å². The van der Waals surface area contributed by atoms with Crippen molar-refractivity contribution in [1.82, 2.24) is 0 Å². The Morgan fingerprint density at radius 2 is 1.93 bits per heavy atom. The lowest BCUT2D eigenvalue weighted by atomic mass is 10.2. The molecule has 1 rings (SSSR count). The Hall–Kier alpha value is -1.80. The Morgan fingerprint density at radius 3 is 2.47 bits per heavy atom. The van der Waals surface area contributed by atoms with E-state index in [1.165, 1.54) is 12.1 Å². The molecule has 0 saturated heterocycles. The van der Waals surface area contributed by atoms with Crippen LogP contribution in [0, 0.1) is 18.3 Å². The lowest BCUT2D eigenvalue weighted by Gasteiger charge is -2.02. The molecule has 0 heterocycles. The average Bonchev–Trinajstić information content (AvgIpc) is 2.18. The second kappa shape index (κ2) is 4.62. The molecular weight excluding hydrogens is 214 g/mol. The van der Waals surface area contributed by atoms with Crippen molar-refractivity contribution in [3.05, 3.63) is 42.2 Å². The first kappa shape index (κ1) is 11.3. The van der Waals surface area contributed by atoms with Gasteiger partial charge in [-0.3, -0.25) is 0 Å². The van der Waals surface area contributed by atoms with Crippen LogP contribution in [-0.2, 0) is 14.3 Å². The first-order chi connectivity index (χ1) is 7.06. The van der Waals surface area contributed by atoms with Crippen LogP contribution in [-0.4, -0.2) is 8.42 Å². The molecule has 0 radical (unpaired) electrons. The van der Waals surface area contributed by atoms with Crippen LogP contribution in [0.2, 0.25) is 0 Å². The van der Waals surface area contributed by atoms with Crippen molar-refractivity contribution in [2.45, 2.75) is 11.8 Å². The van der Waals surface area contributed by atoms with Crippen molar-refractivity contribution in [2.24, 2.45) is 0 Å². The molecule has 0 saturated carbocycles. The van der Waals surface area contributed by atoms with Crippen molar-refractivity contribution in [1.29, 1.82) is 5.26 Å². The van der Waals surface area contributed by atoms with E-state index in [0.717, 1.165) is 17.9 Å². The third kappa shape index (κ3) is 3.11. The molecule has 0 aromatic heterocycles. The number of aryl methyl sites for hydroxylation is 1. The van der Waals surface area contributed by atoms with Crippen molar-refractivity contribution in [3.63, 3.8) is 0 Å². The van der Waals surface area contributed by atoms with Crippen LogP contribution in [0.4, 0.5) is 0 Å². The summed E-state index contributed by atoms with van der Waals surface area (Å²) < 4.78 is 27.3. The number of hydrogen-bond acceptors (Lipinski definition) is 4. The van der Waals surface area contributed by atoms with E-state index in [2.05, 4.69) is 4.18 Å². The van der Waals surface area contributed by atoms with Gasteiger partial charge in [-0.2, -0.15) is 13.7 Å². The molecule has 15 heavy (non-hydrogen) atoms. The number of nitrogens with zero attached hydrogens (tertiary/aromatic N) is 1. The van der Waals surface area contributed by atoms with E-state index in [1.807, 2.05) is 6.92 Å². The van der Waals surface area contributed by atoms with E-state index >= 15 is 0 Å². The molecule has 78 valence electrons. The number of allylic oxidation sites excluding steroid dienone is 1.